The van der Waals surface area contributed by atoms with Crippen LogP contribution in [0, 0.1) is 11.8 Å². The van der Waals surface area contributed by atoms with Gasteiger partial charge in [0.25, 0.3) is 5.91 Å². The molecule has 0 unspecified atom stereocenters. The Bertz CT molecular complexity index is 1330. The summed E-state index contributed by atoms with van der Waals surface area (Å²) in [6.07, 6.45) is 5.20. The van der Waals surface area contributed by atoms with Crippen molar-refractivity contribution in [3.05, 3.63) is 83.9 Å². The molecule has 2 atom stereocenters. The van der Waals surface area contributed by atoms with E-state index in [-0.39, 0.29) is 11.8 Å². The Morgan fingerprint density at radius 1 is 0.750 bits per heavy atom. The molecular weight excluding hydrogens is 504 g/mol. The molecule has 0 bridgehead atoms. The van der Waals surface area contributed by atoms with E-state index in [9.17, 15) is 9.59 Å². The summed E-state index contributed by atoms with van der Waals surface area (Å²) < 4.78 is 16.2. The zero-order chi connectivity index (χ0) is 28.1. The van der Waals surface area contributed by atoms with Gasteiger partial charge in [-0.1, -0.05) is 42.5 Å². The molecule has 2 aliphatic heterocycles. The molecule has 7 heteroatoms. The van der Waals surface area contributed by atoms with Gasteiger partial charge in [-0.3, -0.25) is 9.59 Å². The van der Waals surface area contributed by atoms with Crippen molar-refractivity contribution in [1.29, 1.82) is 0 Å². The van der Waals surface area contributed by atoms with Gasteiger partial charge in [0.15, 0.2) is 11.5 Å². The van der Waals surface area contributed by atoms with Crippen LogP contribution in [-0.4, -0.2) is 69.1 Å². The summed E-state index contributed by atoms with van der Waals surface area (Å²) in [7, 11) is 4.70. The summed E-state index contributed by atoms with van der Waals surface area (Å²) >= 11 is 0. The predicted molar refractivity (Wildman–Crippen MR) is 156 cm³/mol. The Kier molecular flexibility index (Phi) is 8.39. The van der Waals surface area contributed by atoms with Crippen molar-refractivity contribution in [3.8, 4) is 28.4 Å². The number of carbonyl (C=O) groups is 2. The number of hydrogen-bond acceptors (Lipinski definition) is 5. The molecule has 2 fully saturated rings. The fourth-order valence-electron chi connectivity index (χ4n) is 5.82. The first-order valence-electron chi connectivity index (χ1n) is 13.7. The number of methoxy groups -OCH3 is 3. The molecule has 7 nitrogen and oxygen atoms in total. The summed E-state index contributed by atoms with van der Waals surface area (Å²) in [5, 5.41) is 0. The Hall–Kier alpha value is -4.26. The van der Waals surface area contributed by atoms with E-state index in [1.54, 1.807) is 33.5 Å². The highest BCUT2D eigenvalue weighted by Gasteiger charge is 2.37. The molecule has 2 heterocycles. The molecule has 208 valence electrons. The Balaban J connectivity index is 1.17. The molecule has 0 saturated carbocycles. The van der Waals surface area contributed by atoms with Crippen LogP contribution in [0.15, 0.2) is 72.8 Å². The molecule has 40 heavy (non-hydrogen) atoms. The maximum Gasteiger partial charge on any atom is 0.253 e. The Morgan fingerprint density at radius 3 is 1.88 bits per heavy atom. The second-order valence-electron chi connectivity index (χ2n) is 10.4. The molecule has 2 aliphatic rings. The van der Waals surface area contributed by atoms with Crippen molar-refractivity contribution in [2.45, 2.75) is 12.8 Å². The van der Waals surface area contributed by atoms with Crippen molar-refractivity contribution in [3.63, 3.8) is 0 Å². The minimum absolute atomic E-state index is 0.00624. The lowest BCUT2D eigenvalue weighted by Gasteiger charge is -2.22. The Morgan fingerprint density at radius 2 is 1.32 bits per heavy atom. The molecule has 0 aliphatic carbocycles. The van der Waals surface area contributed by atoms with E-state index >= 15 is 0 Å². The highest BCUT2D eigenvalue weighted by molar-refractivity contribution is 5.95. The zero-order valence-electron chi connectivity index (χ0n) is 23.3. The van der Waals surface area contributed by atoms with Crippen LogP contribution < -0.4 is 14.2 Å². The highest BCUT2D eigenvalue weighted by atomic mass is 16.5. The number of likely N-dealkylation sites (tertiary alicyclic amines) is 2. The van der Waals surface area contributed by atoms with Gasteiger partial charge in [0.2, 0.25) is 11.7 Å². The number of amides is 2. The lowest BCUT2D eigenvalue weighted by atomic mass is 9.92. The van der Waals surface area contributed by atoms with Gasteiger partial charge in [-0.15, -0.1) is 0 Å². The monoisotopic (exact) mass is 540 g/mol. The van der Waals surface area contributed by atoms with Gasteiger partial charge in [-0.05, 0) is 71.7 Å². The minimum Gasteiger partial charge on any atom is -0.493 e. The lowest BCUT2D eigenvalue weighted by molar-refractivity contribution is -0.125. The molecular formula is C33H36N2O5. The van der Waals surface area contributed by atoms with Crippen LogP contribution >= 0.6 is 0 Å². The van der Waals surface area contributed by atoms with E-state index < -0.39 is 0 Å². The largest absolute Gasteiger partial charge is 0.493 e. The first-order chi connectivity index (χ1) is 19.5. The maximum atomic E-state index is 13.3. The summed E-state index contributed by atoms with van der Waals surface area (Å²) in [6.45, 7) is 2.86. The van der Waals surface area contributed by atoms with Gasteiger partial charge < -0.3 is 24.0 Å². The van der Waals surface area contributed by atoms with E-state index in [0.29, 0.717) is 42.2 Å². The fraction of sp³-hybridized carbons (Fsp3) is 0.333. The van der Waals surface area contributed by atoms with Gasteiger partial charge in [-0.2, -0.15) is 0 Å². The van der Waals surface area contributed by atoms with Crippen molar-refractivity contribution >= 4 is 17.9 Å². The number of ether oxygens (including phenoxy) is 3. The molecule has 2 amide bonds. The number of carbonyl (C=O) groups excluding carboxylic acids is 2. The number of benzene rings is 3. The standard InChI is InChI=1S/C33H36N2O5/c1-38-29-19-23(20-30(39-2)32(29)40-3)9-14-31(36)35-21-27-15-17-34(18-16-28(27)22-35)33(37)26-12-10-25(11-13-26)24-7-5-4-6-8-24/h4-14,19-20,27-28H,15-18,21-22H2,1-3H3/b14-9+/t27-,28+. The summed E-state index contributed by atoms with van der Waals surface area (Å²) in [5.74, 6) is 2.49. The third-order valence-corrected chi connectivity index (χ3v) is 8.06. The van der Waals surface area contributed by atoms with E-state index in [4.69, 9.17) is 14.2 Å². The normalized spacial score (nSPS) is 18.8. The average Bonchev–Trinajstić information content (AvgIpc) is 3.32. The van der Waals surface area contributed by atoms with E-state index in [1.807, 2.05) is 64.4 Å². The smallest absolute Gasteiger partial charge is 0.253 e. The second kappa shape index (κ2) is 12.3. The molecule has 0 aromatic heterocycles. The van der Waals surface area contributed by atoms with Crippen LogP contribution in [-0.2, 0) is 4.79 Å². The van der Waals surface area contributed by atoms with Gasteiger partial charge in [0, 0.05) is 37.8 Å². The number of rotatable bonds is 7. The summed E-state index contributed by atoms with van der Waals surface area (Å²) in [5.41, 5.74) is 3.76. The maximum absolute atomic E-state index is 13.3. The van der Waals surface area contributed by atoms with Crippen molar-refractivity contribution < 1.29 is 23.8 Å². The SMILES string of the molecule is COc1cc(/C=C/C(=O)N2C[C@H]3CCN(C(=O)c4ccc(-c5ccccc5)cc4)CC[C@H]3C2)cc(OC)c1OC. The fourth-order valence-corrected chi connectivity index (χ4v) is 5.82. The van der Waals surface area contributed by atoms with Crippen LogP contribution in [0.25, 0.3) is 17.2 Å². The van der Waals surface area contributed by atoms with Crippen LogP contribution in [0.4, 0.5) is 0 Å². The molecule has 2 saturated heterocycles. The second-order valence-corrected chi connectivity index (χ2v) is 10.4. The highest BCUT2D eigenvalue weighted by Crippen LogP contribution is 2.38. The molecule has 5 rings (SSSR count). The number of fused-ring (bicyclic) bond motifs is 1. The average molecular weight is 541 g/mol. The van der Waals surface area contributed by atoms with Gasteiger partial charge in [0.1, 0.15) is 0 Å². The van der Waals surface area contributed by atoms with Crippen LogP contribution in [0.3, 0.4) is 0 Å². The summed E-state index contributed by atoms with van der Waals surface area (Å²) in [4.78, 5) is 30.2. The van der Waals surface area contributed by atoms with E-state index in [1.165, 1.54) is 0 Å². The van der Waals surface area contributed by atoms with E-state index in [2.05, 4.69) is 12.1 Å². The molecule has 0 radical (unpaired) electrons. The van der Waals surface area contributed by atoms with Crippen LogP contribution in [0.5, 0.6) is 17.2 Å². The van der Waals surface area contributed by atoms with Crippen LogP contribution in [0.1, 0.15) is 28.8 Å². The third kappa shape index (κ3) is 5.83. The number of nitrogens with zero attached hydrogens (tertiary/aromatic N) is 2. The number of hydrogen-bond donors (Lipinski definition) is 0. The predicted octanol–water partition coefficient (Wildman–Crippen LogP) is 5.40. The first kappa shape index (κ1) is 27.3. The van der Waals surface area contributed by atoms with Gasteiger partial charge in [0.05, 0.1) is 21.3 Å². The molecule has 3 aromatic carbocycles. The topological polar surface area (TPSA) is 68.3 Å². The van der Waals surface area contributed by atoms with Crippen molar-refractivity contribution in [1.82, 2.24) is 9.80 Å². The quantitative estimate of drug-likeness (QED) is 0.375. The minimum atomic E-state index is -0.00624. The third-order valence-electron chi connectivity index (χ3n) is 8.06. The molecule has 0 N–H and O–H groups in total. The van der Waals surface area contributed by atoms with Crippen molar-refractivity contribution in [2.75, 3.05) is 47.5 Å². The van der Waals surface area contributed by atoms with Gasteiger partial charge in [-0.25, -0.2) is 0 Å². The summed E-state index contributed by atoms with van der Waals surface area (Å²) in [6, 6.07) is 21.7. The van der Waals surface area contributed by atoms with E-state index in [0.717, 1.165) is 48.2 Å². The Labute approximate surface area is 236 Å². The molecule has 0 spiro atoms. The first-order valence-corrected chi connectivity index (χ1v) is 13.7. The zero-order valence-corrected chi connectivity index (χ0v) is 23.3. The van der Waals surface area contributed by atoms with Crippen LogP contribution in [0.2, 0.25) is 0 Å². The van der Waals surface area contributed by atoms with Gasteiger partial charge >= 0.3 is 0 Å². The lowest BCUT2D eigenvalue weighted by Crippen LogP contribution is -2.33. The van der Waals surface area contributed by atoms with Crippen molar-refractivity contribution in [2.24, 2.45) is 11.8 Å². The molecule has 3 aromatic rings.